The van der Waals surface area contributed by atoms with Crippen molar-refractivity contribution < 1.29 is 18.6 Å². The molecule has 0 radical (unpaired) electrons. The lowest BCUT2D eigenvalue weighted by Gasteiger charge is -2.31. The number of carbonyl (C=O) groups is 1. The van der Waals surface area contributed by atoms with Crippen molar-refractivity contribution in [1.82, 2.24) is 20.2 Å². The molecule has 1 amide bonds. The zero-order chi connectivity index (χ0) is 17.1. The number of methoxy groups -OCH3 is 1. The summed E-state index contributed by atoms with van der Waals surface area (Å²) in [6.45, 7) is 5.34. The molecule has 1 unspecified atom stereocenters. The van der Waals surface area contributed by atoms with Gasteiger partial charge in [0.1, 0.15) is 12.4 Å². The molecule has 0 N–H and O–H groups in total. The van der Waals surface area contributed by atoms with E-state index in [2.05, 4.69) is 15.3 Å². The standard InChI is InChI=1S/C16H22N4O4/c1-10-13(11(2)23-18-10)7-15(21)20-6-4-5-12(8-20)16-17-14(9-22-3)24-19-16/h12H,4-9H2,1-3H3. The van der Waals surface area contributed by atoms with Crippen LogP contribution in [0.3, 0.4) is 0 Å². The summed E-state index contributed by atoms with van der Waals surface area (Å²) in [4.78, 5) is 18.8. The van der Waals surface area contributed by atoms with E-state index in [0.717, 1.165) is 30.6 Å². The molecule has 0 saturated carbocycles. The third-order valence-electron chi connectivity index (χ3n) is 4.40. The van der Waals surface area contributed by atoms with Crippen LogP contribution in [0.25, 0.3) is 0 Å². The Bertz CT molecular complexity index is 689. The highest BCUT2D eigenvalue weighted by molar-refractivity contribution is 5.79. The van der Waals surface area contributed by atoms with E-state index in [9.17, 15) is 4.79 Å². The zero-order valence-electron chi connectivity index (χ0n) is 14.2. The molecular weight excluding hydrogens is 312 g/mol. The summed E-state index contributed by atoms with van der Waals surface area (Å²) in [7, 11) is 1.58. The van der Waals surface area contributed by atoms with Gasteiger partial charge in [0, 0.05) is 31.7 Å². The van der Waals surface area contributed by atoms with Crippen molar-refractivity contribution in [3.05, 3.63) is 28.7 Å². The highest BCUT2D eigenvalue weighted by atomic mass is 16.5. The van der Waals surface area contributed by atoms with Crippen molar-refractivity contribution in [1.29, 1.82) is 0 Å². The first-order valence-electron chi connectivity index (χ1n) is 8.09. The molecule has 8 nitrogen and oxygen atoms in total. The molecule has 0 aliphatic carbocycles. The maximum atomic E-state index is 12.6. The van der Waals surface area contributed by atoms with E-state index in [4.69, 9.17) is 13.8 Å². The second-order valence-electron chi connectivity index (χ2n) is 6.14. The molecule has 1 aliphatic rings. The van der Waals surface area contributed by atoms with Crippen LogP contribution < -0.4 is 0 Å². The molecule has 0 bridgehead atoms. The third-order valence-corrected chi connectivity index (χ3v) is 4.40. The maximum absolute atomic E-state index is 12.6. The van der Waals surface area contributed by atoms with Crippen LogP contribution in [-0.2, 0) is 22.6 Å². The summed E-state index contributed by atoms with van der Waals surface area (Å²) < 4.78 is 15.3. The average molecular weight is 334 g/mol. The van der Waals surface area contributed by atoms with Crippen LogP contribution >= 0.6 is 0 Å². The Morgan fingerprint density at radius 2 is 2.17 bits per heavy atom. The van der Waals surface area contributed by atoms with E-state index < -0.39 is 0 Å². The largest absolute Gasteiger partial charge is 0.375 e. The molecule has 8 heteroatoms. The molecule has 3 heterocycles. The van der Waals surface area contributed by atoms with E-state index >= 15 is 0 Å². The summed E-state index contributed by atoms with van der Waals surface area (Å²) >= 11 is 0. The van der Waals surface area contributed by atoms with Crippen LogP contribution in [-0.4, -0.2) is 46.3 Å². The van der Waals surface area contributed by atoms with E-state index in [0.29, 0.717) is 37.0 Å². The van der Waals surface area contributed by atoms with Gasteiger partial charge in [-0.1, -0.05) is 10.3 Å². The second kappa shape index (κ2) is 7.12. The predicted octanol–water partition coefficient (Wildman–Crippen LogP) is 1.77. The Hall–Kier alpha value is -2.22. The van der Waals surface area contributed by atoms with E-state index in [1.165, 1.54) is 0 Å². The first-order valence-corrected chi connectivity index (χ1v) is 8.09. The van der Waals surface area contributed by atoms with Gasteiger partial charge in [-0.05, 0) is 26.7 Å². The quantitative estimate of drug-likeness (QED) is 0.822. The fourth-order valence-corrected chi connectivity index (χ4v) is 3.05. The van der Waals surface area contributed by atoms with Gasteiger partial charge in [-0.25, -0.2) is 0 Å². The van der Waals surface area contributed by atoms with Gasteiger partial charge >= 0.3 is 0 Å². The highest BCUT2D eigenvalue weighted by Gasteiger charge is 2.28. The first kappa shape index (κ1) is 16.6. The summed E-state index contributed by atoms with van der Waals surface area (Å²) in [6, 6.07) is 0. The summed E-state index contributed by atoms with van der Waals surface area (Å²) in [5.74, 6) is 2.00. The van der Waals surface area contributed by atoms with Crippen LogP contribution in [0.5, 0.6) is 0 Å². The molecule has 3 rings (SSSR count). The molecule has 130 valence electrons. The molecule has 1 aliphatic heterocycles. The monoisotopic (exact) mass is 334 g/mol. The molecule has 1 saturated heterocycles. The fourth-order valence-electron chi connectivity index (χ4n) is 3.05. The van der Waals surface area contributed by atoms with Crippen LogP contribution in [0.4, 0.5) is 0 Å². The minimum absolute atomic E-state index is 0.0784. The van der Waals surface area contributed by atoms with E-state index in [-0.39, 0.29) is 11.8 Å². The minimum atomic E-state index is 0.0784. The molecule has 1 fully saturated rings. The lowest BCUT2D eigenvalue weighted by atomic mass is 9.96. The number of piperidine rings is 1. The fraction of sp³-hybridized carbons (Fsp3) is 0.625. The normalized spacial score (nSPS) is 18.1. The van der Waals surface area contributed by atoms with Crippen molar-refractivity contribution >= 4 is 5.91 Å². The van der Waals surface area contributed by atoms with Gasteiger partial charge in [0.05, 0.1) is 12.1 Å². The Kier molecular flexibility index (Phi) is 4.94. The van der Waals surface area contributed by atoms with Gasteiger partial charge in [-0.2, -0.15) is 4.98 Å². The Morgan fingerprint density at radius 1 is 1.33 bits per heavy atom. The molecule has 2 aromatic heterocycles. The van der Waals surface area contributed by atoms with Crippen LogP contribution in [0.1, 0.15) is 47.5 Å². The summed E-state index contributed by atoms with van der Waals surface area (Å²) in [5.41, 5.74) is 1.65. The molecular formula is C16H22N4O4. The van der Waals surface area contributed by atoms with Gasteiger partial charge in [0.25, 0.3) is 5.89 Å². The van der Waals surface area contributed by atoms with Crippen molar-refractivity contribution in [2.45, 2.75) is 45.6 Å². The number of hydrogen-bond acceptors (Lipinski definition) is 7. The highest BCUT2D eigenvalue weighted by Crippen LogP contribution is 2.26. The van der Waals surface area contributed by atoms with E-state index in [1.807, 2.05) is 18.7 Å². The smallest absolute Gasteiger partial charge is 0.252 e. The molecule has 1 atom stereocenters. The Labute approximate surface area is 140 Å². The lowest BCUT2D eigenvalue weighted by molar-refractivity contribution is -0.131. The maximum Gasteiger partial charge on any atom is 0.252 e. The Morgan fingerprint density at radius 3 is 2.88 bits per heavy atom. The zero-order valence-corrected chi connectivity index (χ0v) is 14.2. The SMILES string of the molecule is COCc1nc(C2CCCN(C(=O)Cc3c(C)noc3C)C2)no1. The first-order chi connectivity index (χ1) is 11.6. The van der Waals surface area contributed by atoms with Gasteiger partial charge < -0.3 is 18.7 Å². The summed E-state index contributed by atoms with van der Waals surface area (Å²) in [5, 5.41) is 7.93. The van der Waals surface area contributed by atoms with E-state index in [1.54, 1.807) is 7.11 Å². The number of ether oxygens (including phenoxy) is 1. The van der Waals surface area contributed by atoms with Gasteiger partial charge in [-0.3, -0.25) is 4.79 Å². The second-order valence-corrected chi connectivity index (χ2v) is 6.14. The number of aromatic nitrogens is 3. The average Bonchev–Trinajstić information content (AvgIpc) is 3.17. The van der Waals surface area contributed by atoms with Crippen LogP contribution in [0.15, 0.2) is 9.05 Å². The number of rotatable bonds is 5. The number of amides is 1. The molecule has 0 spiro atoms. The number of aryl methyl sites for hydroxylation is 2. The molecule has 2 aromatic rings. The molecule has 24 heavy (non-hydrogen) atoms. The van der Waals surface area contributed by atoms with Crippen LogP contribution in [0, 0.1) is 13.8 Å². The third kappa shape index (κ3) is 3.48. The Balaban J connectivity index is 1.65. The lowest BCUT2D eigenvalue weighted by Crippen LogP contribution is -2.40. The topological polar surface area (TPSA) is 94.5 Å². The van der Waals surface area contributed by atoms with Gasteiger partial charge in [-0.15, -0.1) is 0 Å². The number of carbonyl (C=O) groups excluding carboxylic acids is 1. The number of hydrogen-bond donors (Lipinski definition) is 0. The predicted molar refractivity (Wildman–Crippen MR) is 83.2 cm³/mol. The molecule has 0 aromatic carbocycles. The number of nitrogens with zero attached hydrogens (tertiary/aromatic N) is 4. The van der Waals surface area contributed by atoms with Gasteiger partial charge in [0.15, 0.2) is 5.82 Å². The van der Waals surface area contributed by atoms with Crippen molar-refractivity contribution in [3.8, 4) is 0 Å². The van der Waals surface area contributed by atoms with Crippen LogP contribution in [0.2, 0.25) is 0 Å². The van der Waals surface area contributed by atoms with Crippen molar-refractivity contribution in [3.63, 3.8) is 0 Å². The number of likely N-dealkylation sites (tertiary alicyclic amines) is 1. The van der Waals surface area contributed by atoms with Gasteiger partial charge in [0.2, 0.25) is 5.91 Å². The van der Waals surface area contributed by atoms with Crippen molar-refractivity contribution in [2.24, 2.45) is 0 Å². The van der Waals surface area contributed by atoms with Crippen molar-refractivity contribution in [2.75, 3.05) is 20.2 Å². The minimum Gasteiger partial charge on any atom is -0.375 e. The summed E-state index contributed by atoms with van der Waals surface area (Å²) in [6.07, 6.45) is 2.18.